The molecule has 0 fully saturated rings. The summed E-state index contributed by atoms with van der Waals surface area (Å²) in [6, 6.07) is 28.9. The number of methoxy groups -OCH3 is 2. The quantitative estimate of drug-likeness (QED) is 0.385. The molecule has 5 rings (SSSR count). The van der Waals surface area contributed by atoms with Crippen molar-refractivity contribution < 1.29 is 14.2 Å². The van der Waals surface area contributed by atoms with Crippen molar-refractivity contribution in [3.05, 3.63) is 113 Å². The molecule has 4 aromatic rings. The number of ether oxygens (including phenoxy) is 3. The summed E-state index contributed by atoms with van der Waals surface area (Å²) < 4.78 is 18.4. The van der Waals surface area contributed by atoms with Gasteiger partial charge in [-0.05, 0) is 6.08 Å². The Kier molecular flexibility index (Phi) is 4.97. The van der Waals surface area contributed by atoms with Crippen molar-refractivity contribution in [1.29, 1.82) is 0 Å². The first-order valence-electron chi connectivity index (χ1n) is 10.4. The lowest BCUT2D eigenvalue weighted by Gasteiger charge is -2.37. The summed E-state index contributed by atoms with van der Waals surface area (Å²) in [6.45, 7) is 0.438. The number of benzene rings is 4. The van der Waals surface area contributed by atoms with Crippen LogP contribution in [0.25, 0.3) is 16.8 Å². The zero-order chi connectivity index (χ0) is 21.3. The van der Waals surface area contributed by atoms with Gasteiger partial charge in [0.2, 0.25) is 0 Å². The van der Waals surface area contributed by atoms with Gasteiger partial charge in [-0.1, -0.05) is 91.0 Å². The molecule has 0 saturated heterocycles. The fraction of sp³-hybridized carbons (Fsp3) is 0.143. The van der Waals surface area contributed by atoms with Gasteiger partial charge in [-0.2, -0.15) is 0 Å². The van der Waals surface area contributed by atoms with Crippen molar-refractivity contribution in [2.45, 2.75) is 12.2 Å². The van der Waals surface area contributed by atoms with Crippen molar-refractivity contribution in [1.82, 2.24) is 0 Å². The zero-order valence-corrected chi connectivity index (χ0v) is 17.7. The van der Waals surface area contributed by atoms with Crippen LogP contribution in [0.1, 0.15) is 22.3 Å². The van der Waals surface area contributed by atoms with Crippen molar-refractivity contribution in [2.24, 2.45) is 0 Å². The van der Waals surface area contributed by atoms with E-state index in [4.69, 9.17) is 14.2 Å². The second kappa shape index (κ2) is 7.93. The van der Waals surface area contributed by atoms with Crippen LogP contribution in [0.5, 0.6) is 11.5 Å². The molecule has 0 bridgehead atoms. The van der Waals surface area contributed by atoms with Gasteiger partial charge >= 0.3 is 0 Å². The maximum atomic E-state index is 6.99. The van der Waals surface area contributed by atoms with E-state index in [0.717, 1.165) is 44.5 Å². The van der Waals surface area contributed by atoms with Crippen molar-refractivity contribution >= 4 is 16.8 Å². The molecule has 0 atom stereocenters. The molecular weight excluding hydrogens is 384 g/mol. The second-order valence-corrected chi connectivity index (χ2v) is 7.64. The van der Waals surface area contributed by atoms with E-state index in [-0.39, 0.29) is 0 Å². The van der Waals surface area contributed by atoms with Crippen molar-refractivity contribution in [3.63, 3.8) is 0 Å². The molecule has 3 heteroatoms. The van der Waals surface area contributed by atoms with Crippen LogP contribution in [0.15, 0.2) is 91.0 Å². The summed E-state index contributed by atoms with van der Waals surface area (Å²) >= 11 is 0. The van der Waals surface area contributed by atoms with Crippen molar-refractivity contribution in [2.75, 3.05) is 14.2 Å². The number of hydrogen-bond acceptors (Lipinski definition) is 3. The molecule has 0 spiro atoms. The van der Waals surface area contributed by atoms with Gasteiger partial charge in [0.05, 0.1) is 13.7 Å². The average molecular weight is 408 g/mol. The van der Waals surface area contributed by atoms with Crippen LogP contribution in [-0.2, 0) is 16.9 Å². The average Bonchev–Trinajstić information content (AvgIpc) is 2.85. The third-order valence-electron chi connectivity index (χ3n) is 5.91. The molecule has 0 N–H and O–H groups in total. The third kappa shape index (κ3) is 3.09. The van der Waals surface area contributed by atoms with Gasteiger partial charge in [0, 0.05) is 40.1 Å². The molecule has 0 amide bonds. The summed E-state index contributed by atoms with van der Waals surface area (Å²) in [5.74, 6) is 1.68. The van der Waals surface area contributed by atoms with Crippen LogP contribution >= 0.6 is 0 Å². The lowest BCUT2D eigenvalue weighted by molar-refractivity contribution is 0.159. The first-order chi connectivity index (χ1) is 15.3. The van der Waals surface area contributed by atoms with E-state index >= 15 is 0 Å². The first-order valence-corrected chi connectivity index (χ1v) is 10.4. The minimum atomic E-state index is -0.725. The summed E-state index contributed by atoms with van der Waals surface area (Å²) in [6.07, 6.45) is 4.30. The molecule has 1 heterocycles. The molecule has 0 unspecified atom stereocenters. The normalized spacial score (nSPS) is 14.1. The van der Waals surface area contributed by atoms with Crippen LogP contribution < -0.4 is 9.47 Å². The molecular formula is C28H24O3. The van der Waals surface area contributed by atoms with Gasteiger partial charge in [-0.3, -0.25) is 0 Å². The lowest BCUT2D eigenvalue weighted by atomic mass is 9.82. The van der Waals surface area contributed by atoms with E-state index in [9.17, 15) is 0 Å². The standard InChI is InChI=1S/C28H24O3/c1-29-19-25-24-17-18-28(20-11-5-3-6-12-20,21-13-7-4-8-14-21)31-27(24)23-16-10-9-15-22(23)26(25)30-2/h3-18H,19H2,1-2H3. The highest BCUT2D eigenvalue weighted by atomic mass is 16.5. The molecule has 1 aliphatic rings. The summed E-state index contributed by atoms with van der Waals surface area (Å²) in [5.41, 5.74) is 3.43. The number of fused-ring (bicyclic) bond motifs is 3. The minimum absolute atomic E-state index is 0.438. The Bertz CT molecular complexity index is 1200. The van der Waals surface area contributed by atoms with Crippen molar-refractivity contribution in [3.8, 4) is 11.5 Å². The molecule has 0 saturated carbocycles. The van der Waals surface area contributed by atoms with Gasteiger partial charge in [0.25, 0.3) is 0 Å². The topological polar surface area (TPSA) is 27.7 Å². The highest BCUT2D eigenvalue weighted by molar-refractivity contribution is 5.99. The summed E-state index contributed by atoms with van der Waals surface area (Å²) in [5, 5.41) is 2.04. The Morgan fingerprint density at radius 1 is 0.742 bits per heavy atom. The maximum Gasteiger partial charge on any atom is 0.178 e. The van der Waals surface area contributed by atoms with Crippen LogP contribution in [0.2, 0.25) is 0 Å². The van der Waals surface area contributed by atoms with Gasteiger partial charge in [-0.25, -0.2) is 0 Å². The number of rotatable bonds is 5. The minimum Gasteiger partial charge on any atom is -0.496 e. The van der Waals surface area contributed by atoms with Gasteiger partial charge in [0.1, 0.15) is 11.5 Å². The smallest absolute Gasteiger partial charge is 0.178 e. The predicted molar refractivity (Wildman–Crippen MR) is 125 cm³/mol. The summed E-state index contributed by atoms with van der Waals surface area (Å²) in [7, 11) is 3.41. The SMILES string of the molecule is COCc1c2c(c3ccccc3c1OC)OC(c1ccccc1)(c1ccccc1)C=C2. The Balaban J connectivity index is 1.82. The molecule has 4 aromatic carbocycles. The summed E-state index contributed by atoms with van der Waals surface area (Å²) in [4.78, 5) is 0. The lowest BCUT2D eigenvalue weighted by Crippen LogP contribution is -2.34. The zero-order valence-electron chi connectivity index (χ0n) is 17.7. The van der Waals surface area contributed by atoms with Gasteiger partial charge in [0.15, 0.2) is 5.60 Å². The highest BCUT2D eigenvalue weighted by Gasteiger charge is 2.38. The van der Waals surface area contributed by atoms with E-state index < -0.39 is 5.60 Å². The van der Waals surface area contributed by atoms with Gasteiger partial charge < -0.3 is 14.2 Å². The molecule has 31 heavy (non-hydrogen) atoms. The predicted octanol–water partition coefficient (Wildman–Crippen LogP) is 6.34. The maximum absolute atomic E-state index is 6.99. The fourth-order valence-corrected chi connectivity index (χ4v) is 4.50. The molecule has 3 nitrogen and oxygen atoms in total. The Morgan fingerprint density at radius 3 is 1.90 bits per heavy atom. The van der Waals surface area contributed by atoms with Crippen LogP contribution in [0, 0.1) is 0 Å². The number of hydrogen-bond donors (Lipinski definition) is 0. The Morgan fingerprint density at radius 2 is 1.32 bits per heavy atom. The van der Waals surface area contributed by atoms with Gasteiger partial charge in [-0.15, -0.1) is 0 Å². The van der Waals surface area contributed by atoms with E-state index in [0.29, 0.717) is 6.61 Å². The fourth-order valence-electron chi connectivity index (χ4n) is 4.50. The molecule has 0 aromatic heterocycles. The second-order valence-electron chi connectivity index (χ2n) is 7.64. The molecule has 1 aliphatic heterocycles. The van der Waals surface area contributed by atoms with E-state index in [1.165, 1.54) is 0 Å². The molecule has 0 radical (unpaired) electrons. The monoisotopic (exact) mass is 408 g/mol. The molecule has 0 aliphatic carbocycles. The Hall–Kier alpha value is -3.56. The Labute approximate surface area is 182 Å². The highest BCUT2D eigenvalue weighted by Crippen LogP contribution is 2.49. The van der Waals surface area contributed by atoms with Crippen LogP contribution in [0.4, 0.5) is 0 Å². The van der Waals surface area contributed by atoms with E-state index in [2.05, 4.69) is 72.8 Å². The third-order valence-corrected chi connectivity index (χ3v) is 5.91. The molecule has 154 valence electrons. The van der Waals surface area contributed by atoms with Crippen LogP contribution in [-0.4, -0.2) is 14.2 Å². The first kappa shape index (κ1) is 19.4. The van der Waals surface area contributed by atoms with E-state index in [1.807, 2.05) is 24.3 Å². The van der Waals surface area contributed by atoms with E-state index in [1.54, 1.807) is 14.2 Å². The van der Waals surface area contributed by atoms with Crippen LogP contribution in [0.3, 0.4) is 0 Å². The largest absolute Gasteiger partial charge is 0.496 e.